The molecule has 0 bridgehead atoms. The number of carbonyl (C=O) groups is 3. The van der Waals surface area contributed by atoms with Crippen molar-refractivity contribution in [2.24, 2.45) is 5.73 Å². The molecule has 2 unspecified atom stereocenters. The number of carbonyl (C=O) groups excluding carboxylic acids is 3. The first-order valence-electron chi connectivity index (χ1n) is 10.5. The summed E-state index contributed by atoms with van der Waals surface area (Å²) in [6.45, 7) is 1.28. The quantitative estimate of drug-likeness (QED) is 0.241. The molecule has 4 rings (SSSR count). The minimum atomic E-state index is -1.29. The van der Waals surface area contributed by atoms with E-state index in [4.69, 9.17) is 10.5 Å². The van der Waals surface area contributed by atoms with Crippen LogP contribution in [0, 0.1) is 5.21 Å². The largest absolute Gasteiger partial charge is 0.624 e. The lowest BCUT2D eigenvalue weighted by molar-refractivity contribution is -0.825. The van der Waals surface area contributed by atoms with Gasteiger partial charge in [0, 0.05) is 49.4 Å². The van der Waals surface area contributed by atoms with Crippen LogP contribution in [0.1, 0.15) is 40.7 Å². The number of aromatic nitrogens is 1. The summed E-state index contributed by atoms with van der Waals surface area (Å²) in [6.07, 6.45) is 2.46. The zero-order chi connectivity index (χ0) is 22.7. The average Bonchev–Trinajstić information content (AvgIpc) is 3.05. The number of rotatable bonds is 8. The van der Waals surface area contributed by atoms with Gasteiger partial charge in [-0.25, -0.2) is 9.78 Å². The highest BCUT2D eigenvalue weighted by Gasteiger charge is 2.50. The Hall–Kier alpha value is -3.34. The summed E-state index contributed by atoms with van der Waals surface area (Å²) >= 11 is 0. The first kappa shape index (κ1) is 21.9. The fraction of sp³-hybridized carbons (Fsp3) is 0.364. The third kappa shape index (κ3) is 4.20. The van der Waals surface area contributed by atoms with Gasteiger partial charge in [-0.1, -0.05) is 12.1 Å². The Morgan fingerprint density at radius 2 is 2.09 bits per heavy atom. The van der Waals surface area contributed by atoms with Crippen LogP contribution in [0.15, 0.2) is 36.5 Å². The van der Waals surface area contributed by atoms with Gasteiger partial charge in [-0.3, -0.25) is 19.6 Å². The summed E-state index contributed by atoms with van der Waals surface area (Å²) < 4.78 is 4.32. The van der Waals surface area contributed by atoms with Gasteiger partial charge in [0.25, 0.3) is 5.91 Å². The zero-order valence-electron chi connectivity index (χ0n) is 17.5. The van der Waals surface area contributed by atoms with Gasteiger partial charge in [-0.2, -0.15) is 0 Å². The topological polar surface area (TPSA) is 146 Å². The summed E-state index contributed by atoms with van der Waals surface area (Å²) in [6, 6.07) is 7.63. The van der Waals surface area contributed by atoms with Gasteiger partial charge in [-0.05, 0) is 24.1 Å². The highest BCUT2D eigenvalue weighted by molar-refractivity contribution is 6.02. The maximum absolute atomic E-state index is 13.4. The standard InChI is InChI=1S/C22H25N5O5/c23-11-14-5-8-20(25-12-14)32-10-2-9-24-17-4-1-3-15-16(17)13-27(31,22(15)30)18-6-7-19(28)26-21(18)29/h1,3-5,8,12,18,24H,2,6-7,9-11,13,23H2,(H,26,28,29). The number of anilines is 1. The fourth-order valence-corrected chi connectivity index (χ4v) is 4.05. The van der Waals surface area contributed by atoms with Crippen LogP contribution in [0.3, 0.4) is 0 Å². The SMILES string of the molecule is NCc1ccc(OCCCNc2cccc3c2C[N+]([O-])(C2CCC(=O)NC2=O)C3=O)nc1. The van der Waals surface area contributed by atoms with E-state index in [1.807, 2.05) is 6.07 Å². The van der Waals surface area contributed by atoms with Crippen molar-refractivity contribution in [3.63, 3.8) is 0 Å². The Morgan fingerprint density at radius 3 is 2.81 bits per heavy atom. The summed E-state index contributed by atoms with van der Waals surface area (Å²) in [4.78, 5) is 40.8. The van der Waals surface area contributed by atoms with Gasteiger partial charge >= 0.3 is 5.91 Å². The predicted octanol–water partition coefficient (Wildman–Crippen LogP) is 1.19. The van der Waals surface area contributed by atoms with Crippen LogP contribution in [-0.4, -0.2) is 46.5 Å². The van der Waals surface area contributed by atoms with E-state index in [1.165, 1.54) is 0 Å². The van der Waals surface area contributed by atoms with E-state index in [-0.39, 0.29) is 19.4 Å². The van der Waals surface area contributed by atoms with Crippen molar-refractivity contribution in [1.82, 2.24) is 10.3 Å². The Morgan fingerprint density at radius 1 is 1.25 bits per heavy atom. The van der Waals surface area contributed by atoms with Crippen molar-refractivity contribution >= 4 is 23.4 Å². The number of ether oxygens (including phenoxy) is 1. The van der Waals surface area contributed by atoms with Crippen LogP contribution >= 0.6 is 0 Å². The Kier molecular flexibility index (Phi) is 6.17. The summed E-state index contributed by atoms with van der Waals surface area (Å²) in [5.41, 5.74) is 8.07. The third-order valence-electron chi connectivity index (χ3n) is 5.78. The van der Waals surface area contributed by atoms with Gasteiger partial charge in [0.05, 0.1) is 12.2 Å². The molecule has 2 aliphatic heterocycles. The molecule has 2 aromatic rings. The molecule has 168 valence electrons. The molecule has 10 nitrogen and oxygen atoms in total. The van der Waals surface area contributed by atoms with E-state index < -0.39 is 28.4 Å². The van der Waals surface area contributed by atoms with Crippen molar-refractivity contribution in [1.29, 1.82) is 0 Å². The first-order valence-corrected chi connectivity index (χ1v) is 10.5. The summed E-state index contributed by atoms with van der Waals surface area (Å²) in [5, 5.41) is 18.9. The van der Waals surface area contributed by atoms with Gasteiger partial charge in [0.1, 0.15) is 6.54 Å². The number of nitrogens with one attached hydrogen (secondary N) is 2. The monoisotopic (exact) mass is 439 g/mol. The maximum Gasteiger partial charge on any atom is 0.347 e. The minimum Gasteiger partial charge on any atom is -0.624 e. The second-order valence-corrected chi connectivity index (χ2v) is 7.90. The van der Waals surface area contributed by atoms with Gasteiger partial charge < -0.3 is 21.0 Å². The molecule has 10 heteroatoms. The highest BCUT2D eigenvalue weighted by Crippen LogP contribution is 2.37. The van der Waals surface area contributed by atoms with Crippen molar-refractivity contribution in [2.45, 2.75) is 38.4 Å². The molecule has 1 saturated heterocycles. The second kappa shape index (κ2) is 9.03. The van der Waals surface area contributed by atoms with Crippen LogP contribution < -0.4 is 21.1 Å². The van der Waals surface area contributed by atoms with E-state index >= 15 is 0 Å². The molecule has 1 aromatic carbocycles. The van der Waals surface area contributed by atoms with Gasteiger partial charge in [0.15, 0.2) is 6.04 Å². The molecule has 0 radical (unpaired) electrons. The van der Waals surface area contributed by atoms with Crippen LogP contribution in [-0.2, 0) is 22.7 Å². The van der Waals surface area contributed by atoms with Crippen LogP contribution in [0.25, 0.3) is 0 Å². The second-order valence-electron chi connectivity index (χ2n) is 7.90. The Balaban J connectivity index is 1.36. The van der Waals surface area contributed by atoms with E-state index in [1.54, 1.807) is 30.5 Å². The third-order valence-corrected chi connectivity index (χ3v) is 5.78. The summed E-state index contributed by atoms with van der Waals surface area (Å²) in [5.74, 6) is -1.23. The number of benzene rings is 1. The minimum absolute atomic E-state index is 0.0528. The van der Waals surface area contributed by atoms with Crippen LogP contribution in [0.5, 0.6) is 5.88 Å². The Labute approximate surface area is 184 Å². The molecule has 1 aromatic heterocycles. The summed E-state index contributed by atoms with van der Waals surface area (Å²) in [7, 11) is 0. The number of imide groups is 1. The van der Waals surface area contributed by atoms with Crippen molar-refractivity contribution in [3.8, 4) is 5.88 Å². The maximum atomic E-state index is 13.4. The molecule has 32 heavy (non-hydrogen) atoms. The van der Waals surface area contributed by atoms with Crippen LogP contribution in [0.4, 0.5) is 5.69 Å². The molecule has 2 aliphatic rings. The fourth-order valence-electron chi connectivity index (χ4n) is 4.05. The highest BCUT2D eigenvalue weighted by atomic mass is 16.6. The number of amides is 3. The van der Waals surface area contributed by atoms with Crippen molar-refractivity contribution < 1.29 is 23.8 Å². The number of quaternary nitrogens is 1. The van der Waals surface area contributed by atoms with Crippen LogP contribution in [0.2, 0.25) is 0 Å². The molecular formula is C22H25N5O5. The normalized spacial score (nSPS) is 22.4. The number of nitrogens with two attached hydrogens (primary N) is 1. The number of hydrogen-bond donors (Lipinski definition) is 3. The molecule has 0 spiro atoms. The molecule has 1 fully saturated rings. The molecule has 3 amide bonds. The van der Waals surface area contributed by atoms with Gasteiger partial charge in [-0.15, -0.1) is 0 Å². The first-order chi connectivity index (χ1) is 15.4. The number of piperidine rings is 1. The number of fused-ring (bicyclic) bond motifs is 1. The van der Waals surface area contributed by atoms with Crippen molar-refractivity contribution in [2.75, 3.05) is 18.5 Å². The molecule has 2 atom stereocenters. The van der Waals surface area contributed by atoms with E-state index in [0.29, 0.717) is 48.8 Å². The van der Waals surface area contributed by atoms with E-state index in [0.717, 1.165) is 5.56 Å². The molecule has 0 aliphatic carbocycles. The number of nitrogens with zero attached hydrogens (tertiary/aromatic N) is 2. The number of pyridine rings is 1. The lowest BCUT2D eigenvalue weighted by atomic mass is 10.0. The number of hydrogen-bond acceptors (Lipinski definition) is 8. The smallest absolute Gasteiger partial charge is 0.347 e. The predicted molar refractivity (Wildman–Crippen MR) is 115 cm³/mol. The molecule has 3 heterocycles. The van der Waals surface area contributed by atoms with Gasteiger partial charge in [0.2, 0.25) is 11.8 Å². The Bertz CT molecular complexity index is 1040. The van der Waals surface area contributed by atoms with E-state index in [2.05, 4.69) is 15.6 Å². The van der Waals surface area contributed by atoms with Crippen molar-refractivity contribution in [3.05, 3.63) is 58.4 Å². The zero-order valence-corrected chi connectivity index (χ0v) is 17.5. The van der Waals surface area contributed by atoms with E-state index in [9.17, 15) is 19.6 Å². The number of hydroxylamine groups is 3. The molecule has 4 N–H and O–H groups in total. The lowest BCUT2D eigenvalue weighted by Crippen LogP contribution is -2.60. The molecular weight excluding hydrogens is 414 g/mol. The average molecular weight is 439 g/mol. The lowest BCUT2D eigenvalue weighted by Gasteiger charge is -2.42. The molecule has 0 saturated carbocycles.